The van der Waals surface area contributed by atoms with Crippen molar-refractivity contribution in [2.45, 2.75) is 59.3 Å². The van der Waals surface area contributed by atoms with Crippen LogP contribution >= 0.6 is 0 Å². The first-order valence-electron chi connectivity index (χ1n) is 6.04. The Morgan fingerprint density at radius 1 is 1.07 bits per heavy atom. The van der Waals surface area contributed by atoms with E-state index in [1.165, 1.54) is 0 Å². The highest BCUT2D eigenvalue weighted by Crippen LogP contribution is 2.08. The Labute approximate surface area is 94.5 Å². The normalized spacial score (nSPS) is 12.4. The van der Waals surface area contributed by atoms with Crippen molar-refractivity contribution >= 4 is 0 Å². The summed E-state index contributed by atoms with van der Waals surface area (Å²) in [6.45, 7) is 13.0. The molecule has 0 heterocycles. The molecule has 0 atom stereocenters. The molecule has 0 aromatic rings. The molecule has 0 aliphatic rings. The van der Waals surface area contributed by atoms with E-state index in [-0.39, 0.29) is 11.8 Å². The molecule has 0 radical (unpaired) electrons. The molecule has 0 saturated heterocycles. The summed E-state index contributed by atoms with van der Waals surface area (Å²) in [5, 5.41) is 3.50. The first-order valence-corrected chi connectivity index (χ1v) is 6.04. The topological polar surface area (TPSA) is 30.5 Å². The Morgan fingerprint density at radius 2 is 1.60 bits per heavy atom. The summed E-state index contributed by atoms with van der Waals surface area (Å²) in [6, 6.07) is 0. The van der Waals surface area contributed by atoms with Crippen LogP contribution in [-0.2, 0) is 9.47 Å². The van der Waals surface area contributed by atoms with E-state index >= 15 is 0 Å². The van der Waals surface area contributed by atoms with Crippen molar-refractivity contribution in [3.05, 3.63) is 0 Å². The molecule has 0 aromatic carbocycles. The first-order chi connectivity index (χ1) is 7.05. The summed E-state index contributed by atoms with van der Waals surface area (Å²) in [7, 11) is 0. The summed E-state index contributed by atoms with van der Waals surface area (Å²) in [4.78, 5) is 0. The van der Waals surface area contributed by atoms with Gasteiger partial charge in [0, 0.05) is 31.7 Å². The number of rotatable bonds is 9. The monoisotopic (exact) mass is 217 g/mol. The Morgan fingerprint density at radius 3 is 2.00 bits per heavy atom. The standard InChI is InChI=1S/C12H27NO2/c1-6-12(4,5)13-10-9-11(14-7-2)15-8-3/h11,13H,6-10H2,1-5H3. The molecule has 0 amide bonds. The molecule has 0 spiro atoms. The summed E-state index contributed by atoms with van der Waals surface area (Å²) in [5.41, 5.74) is 0.211. The van der Waals surface area contributed by atoms with Crippen molar-refractivity contribution in [2.24, 2.45) is 0 Å². The minimum atomic E-state index is -0.0554. The van der Waals surface area contributed by atoms with E-state index in [0.29, 0.717) is 13.2 Å². The lowest BCUT2D eigenvalue weighted by atomic mass is 10.0. The van der Waals surface area contributed by atoms with Gasteiger partial charge in [0.2, 0.25) is 0 Å². The molecule has 0 bridgehead atoms. The van der Waals surface area contributed by atoms with E-state index in [1.807, 2.05) is 13.8 Å². The second-order valence-corrected chi connectivity index (χ2v) is 4.29. The highest BCUT2D eigenvalue weighted by molar-refractivity contribution is 4.74. The van der Waals surface area contributed by atoms with E-state index in [4.69, 9.17) is 9.47 Å². The summed E-state index contributed by atoms with van der Waals surface area (Å²) < 4.78 is 10.9. The lowest BCUT2D eigenvalue weighted by molar-refractivity contribution is -0.139. The largest absolute Gasteiger partial charge is 0.353 e. The van der Waals surface area contributed by atoms with Crippen LogP contribution < -0.4 is 5.32 Å². The molecule has 0 aliphatic heterocycles. The maximum Gasteiger partial charge on any atom is 0.158 e. The number of hydrogen-bond acceptors (Lipinski definition) is 3. The van der Waals surface area contributed by atoms with Crippen LogP contribution in [0.4, 0.5) is 0 Å². The van der Waals surface area contributed by atoms with Crippen LogP contribution in [0.2, 0.25) is 0 Å². The zero-order valence-electron chi connectivity index (χ0n) is 10.9. The highest BCUT2D eigenvalue weighted by Gasteiger charge is 2.15. The van der Waals surface area contributed by atoms with Crippen LogP contribution in [0.3, 0.4) is 0 Å². The zero-order valence-corrected chi connectivity index (χ0v) is 10.9. The second-order valence-electron chi connectivity index (χ2n) is 4.29. The average molecular weight is 217 g/mol. The maximum atomic E-state index is 5.47. The molecule has 0 unspecified atom stereocenters. The lowest BCUT2D eigenvalue weighted by Gasteiger charge is -2.26. The lowest BCUT2D eigenvalue weighted by Crippen LogP contribution is -2.40. The predicted molar refractivity (Wildman–Crippen MR) is 64.0 cm³/mol. The molecule has 15 heavy (non-hydrogen) atoms. The second kappa shape index (κ2) is 8.08. The van der Waals surface area contributed by atoms with Crippen molar-refractivity contribution < 1.29 is 9.47 Å². The van der Waals surface area contributed by atoms with Crippen LogP contribution in [-0.4, -0.2) is 31.6 Å². The van der Waals surface area contributed by atoms with E-state index in [9.17, 15) is 0 Å². The molecule has 1 N–H and O–H groups in total. The molecule has 3 nitrogen and oxygen atoms in total. The van der Waals surface area contributed by atoms with Gasteiger partial charge in [0.1, 0.15) is 0 Å². The van der Waals surface area contributed by atoms with Crippen LogP contribution in [0, 0.1) is 0 Å². The van der Waals surface area contributed by atoms with Crippen molar-refractivity contribution in [3.8, 4) is 0 Å². The van der Waals surface area contributed by atoms with Crippen molar-refractivity contribution in [1.82, 2.24) is 5.32 Å². The van der Waals surface area contributed by atoms with Gasteiger partial charge >= 0.3 is 0 Å². The van der Waals surface area contributed by atoms with Gasteiger partial charge in [-0.05, 0) is 34.1 Å². The molecule has 0 aromatic heterocycles. The number of ether oxygens (including phenoxy) is 2. The minimum absolute atomic E-state index is 0.0554. The van der Waals surface area contributed by atoms with E-state index < -0.39 is 0 Å². The SMILES string of the molecule is CCOC(CCNC(C)(C)CC)OCC. The van der Waals surface area contributed by atoms with Crippen molar-refractivity contribution in [1.29, 1.82) is 0 Å². The molecular formula is C12H27NO2. The maximum absolute atomic E-state index is 5.47. The Kier molecular flexibility index (Phi) is 8.02. The fourth-order valence-corrected chi connectivity index (χ4v) is 1.24. The van der Waals surface area contributed by atoms with Crippen LogP contribution in [0.25, 0.3) is 0 Å². The fourth-order valence-electron chi connectivity index (χ4n) is 1.24. The third-order valence-electron chi connectivity index (χ3n) is 2.57. The molecule has 3 heteroatoms. The van der Waals surface area contributed by atoms with Gasteiger partial charge < -0.3 is 14.8 Å². The summed E-state index contributed by atoms with van der Waals surface area (Å²) in [5.74, 6) is 0. The fraction of sp³-hybridized carbons (Fsp3) is 1.00. The zero-order chi connectivity index (χ0) is 11.7. The van der Waals surface area contributed by atoms with Gasteiger partial charge in [-0.1, -0.05) is 6.92 Å². The van der Waals surface area contributed by atoms with Crippen molar-refractivity contribution in [3.63, 3.8) is 0 Å². The predicted octanol–water partition coefficient (Wildman–Crippen LogP) is 2.55. The van der Waals surface area contributed by atoms with Gasteiger partial charge in [-0.2, -0.15) is 0 Å². The smallest absolute Gasteiger partial charge is 0.158 e. The third kappa shape index (κ3) is 7.77. The Balaban J connectivity index is 3.69. The Hall–Kier alpha value is -0.120. The van der Waals surface area contributed by atoms with Crippen LogP contribution in [0.1, 0.15) is 47.5 Å². The Bertz CT molecular complexity index is 143. The van der Waals surface area contributed by atoms with Crippen LogP contribution in [0.15, 0.2) is 0 Å². The highest BCUT2D eigenvalue weighted by atomic mass is 16.7. The van der Waals surface area contributed by atoms with Gasteiger partial charge in [-0.15, -0.1) is 0 Å². The minimum Gasteiger partial charge on any atom is -0.353 e. The average Bonchev–Trinajstić information content (AvgIpc) is 2.18. The molecular weight excluding hydrogens is 190 g/mol. The third-order valence-corrected chi connectivity index (χ3v) is 2.57. The van der Waals surface area contributed by atoms with Crippen molar-refractivity contribution in [2.75, 3.05) is 19.8 Å². The molecule has 0 rings (SSSR count). The molecule has 0 saturated carbocycles. The van der Waals surface area contributed by atoms with Gasteiger partial charge in [0.15, 0.2) is 6.29 Å². The van der Waals surface area contributed by atoms with E-state index in [2.05, 4.69) is 26.1 Å². The van der Waals surface area contributed by atoms with E-state index in [0.717, 1.165) is 19.4 Å². The quantitative estimate of drug-likeness (QED) is 0.602. The number of nitrogens with one attached hydrogen (secondary N) is 1. The van der Waals surface area contributed by atoms with Gasteiger partial charge in [0.05, 0.1) is 0 Å². The van der Waals surface area contributed by atoms with Gasteiger partial charge in [0.25, 0.3) is 0 Å². The molecule has 0 fully saturated rings. The first kappa shape index (κ1) is 14.9. The summed E-state index contributed by atoms with van der Waals surface area (Å²) >= 11 is 0. The van der Waals surface area contributed by atoms with Crippen LogP contribution in [0.5, 0.6) is 0 Å². The number of hydrogen-bond donors (Lipinski definition) is 1. The van der Waals surface area contributed by atoms with Gasteiger partial charge in [-0.25, -0.2) is 0 Å². The summed E-state index contributed by atoms with van der Waals surface area (Å²) in [6.07, 6.45) is 1.98. The molecule has 92 valence electrons. The van der Waals surface area contributed by atoms with E-state index in [1.54, 1.807) is 0 Å². The molecule has 0 aliphatic carbocycles. The van der Waals surface area contributed by atoms with Gasteiger partial charge in [-0.3, -0.25) is 0 Å².